The van der Waals surface area contributed by atoms with Crippen molar-refractivity contribution in [3.63, 3.8) is 0 Å². The Morgan fingerprint density at radius 3 is 2.52 bits per heavy atom. The average molecular weight is 391 g/mol. The highest BCUT2D eigenvalue weighted by Crippen LogP contribution is 2.31. The number of nitrogens with one attached hydrogen (secondary N) is 1. The molecule has 7 nitrogen and oxygen atoms in total. The number of piperidine rings is 1. The number of carbonyl (C=O) groups is 2. The van der Waals surface area contributed by atoms with Gasteiger partial charge in [-0.2, -0.15) is 0 Å². The van der Waals surface area contributed by atoms with Crippen LogP contribution < -0.4 is 10.1 Å². The zero-order valence-electron chi connectivity index (χ0n) is 15.7. The lowest BCUT2D eigenvalue weighted by Crippen LogP contribution is -2.55. The quantitative estimate of drug-likeness (QED) is 0.706. The fraction of sp³-hybridized carbons (Fsp3) is 0.227. The van der Waals surface area contributed by atoms with Gasteiger partial charge in [-0.3, -0.25) is 4.98 Å². The standard InChI is InChI=1S/C22H21N3O4/c26-20(27)22(29-18-8-9-19-16(15-18)5-4-12-23-19)10-13-25(14-11-22)21(28)24-17-6-2-1-3-7-17/h1-9,12,15H,10-11,13-14H2,(H,24,28)(H,26,27). The summed E-state index contributed by atoms with van der Waals surface area (Å²) in [6.07, 6.45) is 2.11. The van der Waals surface area contributed by atoms with Crippen molar-refractivity contribution < 1.29 is 19.4 Å². The number of anilines is 1. The second-order valence-electron chi connectivity index (χ2n) is 7.04. The van der Waals surface area contributed by atoms with Crippen molar-refractivity contribution in [1.29, 1.82) is 0 Å². The zero-order valence-corrected chi connectivity index (χ0v) is 15.7. The van der Waals surface area contributed by atoms with Crippen LogP contribution in [0.1, 0.15) is 12.8 Å². The molecular weight excluding hydrogens is 370 g/mol. The van der Waals surface area contributed by atoms with Crippen LogP contribution in [0, 0.1) is 0 Å². The van der Waals surface area contributed by atoms with Crippen molar-refractivity contribution in [2.24, 2.45) is 0 Å². The van der Waals surface area contributed by atoms with Gasteiger partial charge in [0.1, 0.15) is 5.75 Å². The molecule has 1 aromatic heterocycles. The number of nitrogens with zero attached hydrogens (tertiary/aromatic N) is 2. The van der Waals surface area contributed by atoms with E-state index in [1.54, 1.807) is 35.4 Å². The van der Waals surface area contributed by atoms with Gasteiger partial charge in [0.25, 0.3) is 0 Å². The number of carbonyl (C=O) groups excluding carboxylic acids is 1. The highest BCUT2D eigenvalue weighted by Gasteiger charge is 2.45. The predicted molar refractivity (Wildman–Crippen MR) is 109 cm³/mol. The normalized spacial score (nSPS) is 15.7. The lowest BCUT2D eigenvalue weighted by Gasteiger charge is -2.38. The van der Waals surface area contributed by atoms with Gasteiger partial charge >= 0.3 is 12.0 Å². The van der Waals surface area contributed by atoms with Crippen LogP contribution in [0.2, 0.25) is 0 Å². The molecule has 2 heterocycles. The number of aromatic nitrogens is 1. The summed E-state index contributed by atoms with van der Waals surface area (Å²) in [5.74, 6) is -0.540. The van der Waals surface area contributed by atoms with Gasteiger partial charge in [0, 0.05) is 43.2 Å². The molecular formula is C22H21N3O4. The Kier molecular flexibility index (Phi) is 5.03. The zero-order chi connectivity index (χ0) is 20.3. The van der Waals surface area contributed by atoms with Crippen molar-refractivity contribution in [2.75, 3.05) is 18.4 Å². The fourth-order valence-electron chi connectivity index (χ4n) is 3.50. The summed E-state index contributed by atoms with van der Waals surface area (Å²) in [5.41, 5.74) is 0.157. The van der Waals surface area contributed by atoms with Crippen LogP contribution >= 0.6 is 0 Å². The number of carboxylic acids is 1. The highest BCUT2D eigenvalue weighted by molar-refractivity contribution is 5.89. The van der Waals surface area contributed by atoms with E-state index < -0.39 is 11.6 Å². The summed E-state index contributed by atoms with van der Waals surface area (Å²) in [6.45, 7) is 0.584. The molecule has 1 saturated heterocycles. The van der Waals surface area contributed by atoms with Gasteiger partial charge in [0.15, 0.2) is 0 Å². The van der Waals surface area contributed by atoms with Crippen LogP contribution in [0.4, 0.5) is 10.5 Å². The number of para-hydroxylation sites is 1. The first-order valence-electron chi connectivity index (χ1n) is 9.44. The molecule has 0 radical (unpaired) electrons. The molecule has 0 atom stereocenters. The number of urea groups is 1. The van der Waals surface area contributed by atoms with Gasteiger partial charge in [0.05, 0.1) is 5.52 Å². The summed E-state index contributed by atoms with van der Waals surface area (Å²) in [4.78, 5) is 30.4. The van der Waals surface area contributed by atoms with Crippen molar-refractivity contribution in [2.45, 2.75) is 18.4 Å². The van der Waals surface area contributed by atoms with E-state index in [2.05, 4.69) is 10.3 Å². The van der Waals surface area contributed by atoms with Crippen LogP contribution in [0.25, 0.3) is 10.9 Å². The van der Waals surface area contributed by atoms with Crippen LogP contribution in [-0.4, -0.2) is 45.7 Å². The summed E-state index contributed by atoms with van der Waals surface area (Å²) in [5, 5.41) is 13.6. The minimum absolute atomic E-state index is 0.204. The third kappa shape index (κ3) is 3.99. The van der Waals surface area contributed by atoms with Crippen molar-refractivity contribution in [3.05, 3.63) is 66.9 Å². The van der Waals surface area contributed by atoms with E-state index >= 15 is 0 Å². The number of pyridine rings is 1. The maximum absolute atomic E-state index is 12.5. The first-order valence-corrected chi connectivity index (χ1v) is 9.44. The van der Waals surface area contributed by atoms with Crippen LogP contribution in [0.5, 0.6) is 5.75 Å². The van der Waals surface area contributed by atoms with E-state index in [-0.39, 0.29) is 18.9 Å². The molecule has 1 aliphatic heterocycles. The average Bonchev–Trinajstić information content (AvgIpc) is 2.74. The number of fused-ring (bicyclic) bond motifs is 1. The van der Waals surface area contributed by atoms with E-state index in [1.165, 1.54) is 0 Å². The molecule has 1 aliphatic rings. The van der Waals surface area contributed by atoms with Crippen LogP contribution in [0.3, 0.4) is 0 Å². The summed E-state index contributed by atoms with van der Waals surface area (Å²) < 4.78 is 5.97. The fourth-order valence-corrected chi connectivity index (χ4v) is 3.50. The van der Waals surface area contributed by atoms with E-state index in [0.29, 0.717) is 24.5 Å². The van der Waals surface area contributed by atoms with E-state index in [4.69, 9.17) is 4.74 Å². The lowest BCUT2D eigenvalue weighted by molar-refractivity contribution is -0.159. The smallest absolute Gasteiger partial charge is 0.348 e. The molecule has 29 heavy (non-hydrogen) atoms. The molecule has 0 spiro atoms. The molecule has 0 aliphatic carbocycles. The summed E-state index contributed by atoms with van der Waals surface area (Å²) in [6, 6.07) is 18.0. The van der Waals surface area contributed by atoms with Crippen LogP contribution in [-0.2, 0) is 4.79 Å². The third-order valence-electron chi connectivity index (χ3n) is 5.16. The maximum atomic E-state index is 12.5. The molecule has 4 rings (SSSR count). The number of amides is 2. The van der Waals surface area contributed by atoms with E-state index in [1.807, 2.05) is 36.4 Å². The molecule has 0 unspecified atom stereocenters. The molecule has 0 bridgehead atoms. The van der Waals surface area contributed by atoms with Gasteiger partial charge in [0.2, 0.25) is 5.60 Å². The molecule has 1 fully saturated rings. The summed E-state index contributed by atoms with van der Waals surface area (Å²) in [7, 11) is 0. The molecule has 2 aromatic carbocycles. The topological polar surface area (TPSA) is 91.8 Å². The molecule has 3 aromatic rings. The second kappa shape index (κ2) is 7.79. The highest BCUT2D eigenvalue weighted by atomic mass is 16.5. The van der Waals surface area contributed by atoms with E-state index in [0.717, 1.165) is 10.9 Å². The molecule has 0 saturated carbocycles. The first kappa shape index (κ1) is 18.7. The number of benzene rings is 2. The maximum Gasteiger partial charge on any atom is 0.348 e. The molecule has 2 N–H and O–H groups in total. The Morgan fingerprint density at radius 2 is 1.79 bits per heavy atom. The van der Waals surface area contributed by atoms with Gasteiger partial charge in [-0.1, -0.05) is 24.3 Å². The Hall–Kier alpha value is -3.61. The van der Waals surface area contributed by atoms with Gasteiger partial charge in [-0.15, -0.1) is 0 Å². The van der Waals surface area contributed by atoms with Gasteiger partial charge in [-0.25, -0.2) is 9.59 Å². The number of ether oxygens (including phenoxy) is 1. The third-order valence-corrected chi connectivity index (χ3v) is 5.16. The van der Waals surface area contributed by atoms with Crippen LogP contribution in [0.15, 0.2) is 66.9 Å². The largest absolute Gasteiger partial charge is 0.478 e. The van der Waals surface area contributed by atoms with Crippen molar-refractivity contribution in [1.82, 2.24) is 9.88 Å². The lowest BCUT2D eigenvalue weighted by atomic mass is 9.91. The Labute approximate surface area is 167 Å². The van der Waals surface area contributed by atoms with Crippen molar-refractivity contribution >= 4 is 28.6 Å². The number of rotatable bonds is 4. The Balaban J connectivity index is 1.45. The Morgan fingerprint density at radius 1 is 1.03 bits per heavy atom. The minimum atomic E-state index is -1.36. The SMILES string of the molecule is O=C(Nc1ccccc1)N1CCC(Oc2ccc3ncccc3c2)(C(=O)O)CC1. The minimum Gasteiger partial charge on any atom is -0.478 e. The first-order chi connectivity index (χ1) is 14.1. The number of aliphatic carboxylic acids is 1. The van der Waals surface area contributed by atoms with Gasteiger partial charge < -0.3 is 20.1 Å². The number of hydrogen-bond acceptors (Lipinski definition) is 4. The van der Waals surface area contributed by atoms with Gasteiger partial charge in [-0.05, 0) is 36.4 Å². The second-order valence-corrected chi connectivity index (χ2v) is 7.04. The van der Waals surface area contributed by atoms with E-state index in [9.17, 15) is 14.7 Å². The number of carboxylic acid groups (broad SMARTS) is 1. The van der Waals surface area contributed by atoms with Crippen molar-refractivity contribution in [3.8, 4) is 5.75 Å². The predicted octanol–water partition coefficient (Wildman–Crippen LogP) is 3.76. The molecule has 148 valence electrons. The summed E-state index contributed by atoms with van der Waals surface area (Å²) >= 11 is 0. The molecule has 2 amide bonds. The molecule has 7 heteroatoms. The number of hydrogen-bond donors (Lipinski definition) is 2. The monoisotopic (exact) mass is 391 g/mol. The number of likely N-dealkylation sites (tertiary alicyclic amines) is 1. The Bertz CT molecular complexity index is 1030.